The van der Waals surface area contributed by atoms with E-state index in [1.165, 1.54) is 22.5 Å². The molecular weight excluding hydrogens is 472 g/mol. The minimum absolute atomic E-state index is 0.0641. The van der Waals surface area contributed by atoms with Gasteiger partial charge in [-0.15, -0.1) is 0 Å². The molecular formula is C29H28N2O4S. The fraction of sp³-hybridized carbons (Fsp3) is 0.241. The van der Waals surface area contributed by atoms with Crippen molar-refractivity contribution in [2.24, 2.45) is 0 Å². The van der Waals surface area contributed by atoms with Crippen molar-refractivity contribution in [3.63, 3.8) is 0 Å². The molecule has 5 aromatic rings. The number of fused-ring (bicyclic) bond motifs is 3. The molecule has 36 heavy (non-hydrogen) atoms. The number of hydrogen-bond donors (Lipinski definition) is 0. The molecule has 3 aromatic carbocycles. The van der Waals surface area contributed by atoms with Crippen LogP contribution in [0.5, 0.6) is 17.2 Å². The molecule has 0 atom stereocenters. The van der Waals surface area contributed by atoms with Gasteiger partial charge < -0.3 is 14.2 Å². The van der Waals surface area contributed by atoms with Gasteiger partial charge in [-0.3, -0.25) is 4.79 Å². The van der Waals surface area contributed by atoms with Crippen LogP contribution >= 0.6 is 11.3 Å². The second-order valence-electron chi connectivity index (χ2n) is 8.57. The molecule has 2 heterocycles. The van der Waals surface area contributed by atoms with Crippen molar-refractivity contribution < 1.29 is 14.2 Å². The SMILES string of the molecule is CCOc1cc(C=c2sc3nc4ccccc4n3c2=O)ccc1OCCCOc1ccc(C)c(C)c1. The van der Waals surface area contributed by atoms with E-state index in [2.05, 4.69) is 31.0 Å². The first-order chi connectivity index (χ1) is 17.5. The fourth-order valence-corrected chi connectivity index (χ4v) is 4.99. The number of benzene rings is 3. The number of aryl methyl sites for hydroxylation is 2. The zero-order chi connectivity index (χ0) is 25.1. The molecule has 0 aliphatic heterocycles. The molecule has 2 aromatic heterocycles. The zero-order valence-electron chi connectivity index (χ0n) is 20.6. The zero-order valence-corrected chi connectivity index (χ0v) is 21.4. The monoisotopic (exact) mass is 500 g/mol. The topological polar surface area (TPSA) is 62.1 Å². The van der Waals surface area contributed by atoms with Crippen LogP contribution < -0.4 is 24.3 Å². The molecule has 5 rings (SSSR count). The number of ether oxygens (including phenoxy) is 3. The Bertz CT molecular complexity index is 1640. The van der Waals surface area contributed by atoms with Crippen molar-refractivity contribution in [1.82, 2.24) is 9.38 Å². The Kier molecular flexibility index (Phi) is 6.91. The maximum atomic E-state index is 13.1. The third-order valence-corrected chi connectivity index (χ3v) is 6.97. The van der Waals surface area contributed by atoms with E-state index >= 15 is 0 Å². The van der Waals surface area contributed by atoms with Crippen LogP contribution in [0.4, 0.5) is 0 Å². The Labute approximate surface area is 213 Å². The molecule has 0 amide bonds. The molecule has 0 aliphatic rings. The molecule has 0 spiro atoms. The van der Waals surface area contributed by atoms with Crippen LogP contribution in [-0.4, -0.2) is 29.2 Å². The quantitative estimate of drug-likeness (QED) is 0.256. The van der Waals surface area contributed by atoms with E-state index in [-0.39, 0.29) is 5.56 Å². The summed E-state index contributed by atoms with van der Waals surface area (Å²) in [5, 5.41) is 0. The highest BCUT2D eigenvalue weighted by molar-refractivity contribution is 7.15. The summed E-state index contributed by atoms with van der Waals surface area (Å²) >= 11 is 1.38. The first-order valence-electron chi connectivity index (χ1n) is 12.0. The van der Waals surface area contributed by atoms with E-state index in [0.29, 0.717) is 40.8 Å². The smallest absolute Gasteiger partial charge is 0.274 e. The van der Waals surface area contributed by atoms with Crippen molar-refractivity contribution in [3.05, 3.63) is 92.2 Å². The van der Waals surface area contributed by atoms with E-state index < -0.39 is 0 Å². The summed E-state index contributed by atoms with van der Waals surface area (Å²) in [4.78, 5) is 18.3. The van der Waals surface area contributed by atoms with Gasteiger partial charge in [-0.1, -0.05) is 35.6 Å². The van der Waals surface area contributed by atoms with Crippen LogP contribution in [0.25, 0.3) is 22.1 Å². The lowest BCUT2D eigenvalue weighted by Crippen LogP contribution is -2.22. The van der Waals surface area contributed by atoms with Gasteiger partial charge in [0.1, 0.15) is 5.75 Å². The molecule has 0 radical (unpaired) electrons. The molecule has 184 valence electrons. The molecule has 0 saturated carbocycles. The maximum absolute atomic E-state index is 13.1. The summed E-state index contributed by atoms with van der Waals surface area (Å²) in [6.45, 7) is 7.70. The molecule has 0 bridgehead atoms. The fourth-order valence-electron chi connectivity index (χ4n) is 4.00. The van der Waals surface area contributed by atoms with Gasteiger partial charge in [-0.05, 0) is 79.9 Å². The van der Waals surface area contributed by atoms with E-state index in [0.717, 1.165) is 28.8 Å². The molecule has 0 fully saturated rings. The van der Waals surface area contributed by atoms with Crippen LogP contribution in [0, 0.1) is 13.8 Å². The van der Waals surface area contributed by atoms with Gasteiger partial charge >= 0.3 is 0 Å². The molecule has 6 nitrogen and oxygen atoms in total. The van der Waals surface area contributed by atoms with E-state index in [4.69, 9.17) is 14.2 Å². The summed E-state index contributed by atoms with van der Waals surface area (Å²) in [6.07, 6.45) is 2.62. The first kappa shape index (κ1) is 23.9. The van der Waals surface area contributed by atoms with Crippen molar-refractivity contribution in [3.8, 4) is 17.2 Å². The molecule has 0 unspecified atom stereocenters. The van der Waals surface area contributed by atoms with Gasteiger partial charge in [0.15, 0.2) is 16.5 Å². The van der Waals surface area contributed by atoms with Gasteiger partial charge in [0.2, 0.25) is 0 Å². The highest BCUT2D eigenvalue weighted by Crippen LogP contribution is 2.29. The number of nitrogens with zero attached hydrogens (tertiary/aromatic N) is 2. The van der Waals surface area contributed by atoms with E-state index in [1.54, 1.807) is 4.40 Å². The van der Waals surface area contributed by atoms with E-state index in [9.17, 15) is 4.79 Å². The summed E-state index contributed by atoms with van der Waals surface area (Å²) in [6, 6.07) is 19.5. The second-order valence-corrected chi connectivity index (χ2v) is 9.58. The summed E-state index contributed by atoms with van der Waals surface area (Å²) in [5.74, 6) is 2.20. The highest BCUT2D eigenvalue weighted by atomic mass is 32.1. The number of aromatic nitrogens is 2. The Morgan fingerprint density at radius 3 is 2.58 bits per heavy atom. The number of para-hydroxylation sites is 2. The Morgan fingerprint density at radius 2 is 1.75 bits per heavy atom. The summed E-state index contributed by atoms with van der Waals surface area (Å²) in [5.41, 5.74) is 4.93. The van der Waals surface area contributed by atoms with Crippen molar-refractivity contribution in [1.29, 1.82) is 0 Å². The predicted molar refractivity (Wildman–Crippen MR) is 145 cm³/mol. The predicted octanol–water partition coefficient (Wildman–Crippen LogP) is 5.32. The van der Waals surface area contributed by atoms with Crippen LogP contribution in [0.3, 0.4) is 0 Å². The van der Waals surface area contributed by atoms with Crippen molar-refractivity contribution >= 4 is 33.4 Å². The van der Waals surface area contributed by atoms with Crippen molar-refractivity contribution in [2.75, 3.05) is 19.8 Å². The minimum Gasteiger partial charge on any atom is -0.493 e. The summed E-state index contributed by atoms with van der Waals surface area (Å²) < 4.78 is 20.0. The summed E-state index contributed by atoms with van der Waals surface area (Å²) in [7, 11) is 0. The van der Waals surface area contributed by atoms with Gasteiger partial charge in [0.05, 0.1) is 35.4 Å². The Balaban J connectivity index is 1.29. The average molecular weight is 501 g/mol. The highest BCUT2D eigenvalue weighted by Gasteiger charge is 2.11. The van der Waals surface area contributed by atoms with Gasteiger partial charge in [0, 0.05) is 6.42 Å². The third kappa shape index (κ3) is 4.93. The number of rotatable bonds is 9. The Hall–Kier alpha value is -3.84. The molecule has 7 heteroatoms. The lowest BCUT2D eigenvalue weighted by atomic mass is 10.1. The number of imidazole rings is 1. The lowest BCUT2D eigenvalue weighted by Gasteiger charge is -2.13. The second kappa shape index (κ2) is 10.4. The van der Waals surface area contributed by atoms with Gasteiger partial charge in [-0.2, -0.15) is 0 Å². The molecule has 0 saturated heterocycles. The number of thiazole rings is 1. The van der Waals surface area contributed by atoms with Gasteiger partial charge in [0.25, 0.3) is 5.56 Å². The third-order valence-electron chi connectivity index (χ3n) is 6.00. The van der Waals surface area contributed by atoms with Gasteiger partial charge in [-0.25, -0.2) is 9.38 Å². The maximum Gasteiger partial charge on any atom is 0.274 e. The van der Waals surface area contributed by atoms with Crippen LogP contribution in [0.1, 0.15) is 30.0 Å². The van der Waals surface area contributed by atoms with Crippen LogP contribution in [0.2, 0.25) is 0 Å². The van der Waals surface area contributed by atoms with Crippen LogP contribution in [-0.2, 0) is 0 Å². The molecule has 0 aliphatic carbocycles. The first-order valence-corrected chi connectivity index (χ1v) is 12.9. The standard InChI is InChI=1S/C29H28N2O4S/c1-4-33-26-17-21(18-27-28(32)31-24-9-6-5-8-23(24)30-29(31)36-27)11-13-25(26)35-15-7-14-34-22-12-10-19(2)20(3)16-22/h5-6,8-13,16-18H,4,7,14-15H2,1-3H3. The van der Waals surface area contributed by atoms with Crippen molar-refractivity contribution in [2.45, 2.75) is 27.2 Å². The van der Waals surface area contributed by atoms with E-state index in [1.807, 2.05) is 61.5 Å². The number of hydrogen-bond acceptors (Lipinski definition) is 6. The molecule has 0 N–H and O–H groups in total. The lowest BCUT2D eigenvalue weighted by molar-refractivity contribution is 0.236. The average Bonchev–Trinajstić information content (AvgIpc) is 3.38. The Morgan fingerprint density at radius 1 is 0.917 bits per heavy atom. The largest absolute Gasteiger partial charge is 0.493 e. The normalized spacial score (nSPS) is 11.9. The minimum atomic E-state index is -0.0641. The van der Waals surface area contributed by atoms with Crippen LogP contribution in [0.15, 0.2) is 65.5 Å².